The molecule has 1 fully saturated rings. The van der Waals surface area contributed by atoms with Gasteiger partial charge in [0.1, 0.15) is 24.0 Å². The first-order valence-electron chi connectivity index (χ1n) is 13.0. The number of carbonyl (C=O) groups is 1. The molecule has 1 aromatic carbocycles. The van der Waals surface area contributed by atoms with Crippen LogP contribution in [0.3, 0.4) is 0 Å². The molecule has 1 aliphatic carbocycles. The number of hydrogen-bond donors (Lipinski definition) is 3. The molecular weight excluding hydrogens is 525 g/mol. The monoisotopic (exact) mass is 559 g/mol. The largest absolute Gasteiger partial charge is 0.383 e. The third kappa shape index (κ3) is 8.06. The fraction of sp³-hybridized carbons (Fsp3) is 0.481. The highest BCUT2D eigenvalue weighted by molar-refractivity contribution is 6.35. The van der Waals surface area contributed by atoms with Crippen LogP contribution >= 0.6 is 23.2 Å². The Kier molecular flexibility index (Phi) is 10.2. The molecule has 2 aromatic heterocycles. The van der Waals surface area contributed by atoms with E-state index < -0.39 is 6.04 Å². The van der Waals surface area contributed by atoms with Gasteiger partial charge in [-0.1, -0.05) is 61.4 Å². The summed E-state index contributed by atoms with van der Waals surface area (Å²) in [5.74, 6) is 2.02. The van der Waals surface area contributed by atoms with E-state index in [4.69, 9.17) is 27.9 Å². The Morgan fingerprint density at radius 2 is 2.00 bits per heavy atom. The highest BCUT2D eigenvalue weighted by atomic mass is 35.5. The Bertz CT molecular complexity index is 1210. The normalized spacial score (nSPS) is 14.7. The number of rotatable bonds is 12. The van der Waals surface area contributed by atoms with Crippen LogP contribution in [-0.2, 0) is 16.1 Å². The number of ether oxygens (including phenoxy) is 1. The van der Waals surface area contributed by atoms with E-state index in [1.54, 1.807) is 25.6 Å². The van der Waals surface area contributed by atoms with Gasteiger partial charge in [0.05, 0.1) is 12.3 Å². The van der Waals surface area contributed by atoms with Gasteiger partial charge < -0.3 is 20.7 Å². The molecule has 2 heterocycles. The number of methoxy groups -OCH3 is 1. The lowest BCUT2D eigenvalue weighted by molar-refractivity contribution is -0.122. The fourth-order valence-corrected chi connectivity index (χ4v) is 5.14. The molecule has 4 rings (SSSR count). The van der Waals surface area contributed by atoms with E-state index >= 15 is 0 Å². The number of benzene rings is 1. The molecule has 9 nitrogen and oxygen atoms in total. The molecule has 0 radical (unpaired) electrons. The smallest absolute Gasteiger partial charge is 0.242 e. The molecule has 1 atom stereocenters. The highest BCUT2D eigenvalue weighted by Gasteiger charge is 2.25. The highest BCUT2D eigenvalue weighted by Crippen LogP contribution is 2.29. The summed E-state index contributed by atoms with van der Waals surface area (Å²) in [6.07, 6.45) is 10.2. The molecule has 0 unspecified atom stereocenters. The predicted molar refractivity (Wildman–Crippen MR) is 151 cm³/mol. The van der Waals surface area contributed by atoms with Gasteiger partial charge in [-0.15, -0.1) is 0 Å². The minimum Gasteiger partial charge on any atom is -0.383 e. The molecule has 3 N–H and O–H groups in total. The van der Waals surface area contributed by atoms with Crippen LogP contribution in [0, 0.1) is 12.8 Å². The van der Waals surface area contributed by atoms with E-state index in [1.165, 1.54) is 19.3 Å². The van der Waals surface area contributed by atoms with Crippen molar-refractivity contribution in [2.45, 2.75) is 58.0 Å². The number of carbonyl (C=O) groups excluding carboxylic acids is 1. The van der Waals surface area contributed by atoms with Crippen LogP contribution in [0.15, 0.2) is 36.8 Å². The van der Waals surface area contributed by atoms with Crippen LogP contribution in [0.1, 0.15) is 49.8 Å². The predicted octanol–water partition coefficient (Wildman–Crippen LogP) is 5.40. The van der Waals surface area contributed by atoms with Gasteiger partial charge in [0.2, 0.25) is 11.9 Å². The Labute approximate surface area is 233 Å². The lowest BCUT2D eigenvalue weighted by Gasteiger charge is -2.27. The Balaban J connectivity index is 1.55. The van der Waals surface area contributed by atoms with Crippen molar-refractivity contribution in [3.63, 3.8) is 0 Å². The molecule has 1 saturated carbocycles. The number of aryl methyl sites for hydroxylation is 1. The average Bonchev–Trinajstić information content (AvgIpc) is 3.35. The summed E-state index contributed by atoms with van der Waals surface area (Å²) >= 11 is 12.4. The summed E-state index contributed by atoms with van der Waals surface area (Å²) in [5.41, 5.74) is 1.69. The minimum absolute atomic E-state index is 0.103. The van der Waals surface area contributed by atoms with Gasteiger partial charge in [0, 0.05) is 42.5 Å². The van der Waals surface area contributed by atoms with Crippen molar-refractivity contribution in [1.29, 1.82) is 0 Å². The molecule has 1 amide bonds. The van der Waals surface area contributed by atoms with E-state index in [9.17, 15) is 4.79 Å². The number of anilines is 2. The number of imidazole rings is 1. The van der Waals surface area contributed by atoms with Crippen molar-refractivity contribution in [3.8, 4) is 5.82 Å². The lowest BCUT2D eigenvalue weighted by Crippen LogP contribution is -2.41. The van der Waals surface area contributed by atoms with Gasteiger partial charge in [-0.3, -0.25) is 9.36 Å². The second-order valence-corrected chi connectivity index (χ2v) is 10.5. The third-order valence-electron chi connectivity index (χ3n) is 6.68. The standard InChI is InChI=1S/C27H35Cl2N7O2/c1-18-16-36(17-32-18)25-14-24(34-27(35-25)30-10-11-38-2)33-23(12-19-6-4-3-5-7-19)26(37)31-15-20-8-9-21(28)13-22(20)29/h8-9,13-14,16-17,19,23H,3-7,10-12,15H2,1-2H3,(H,31,37)(H2,30,33,34,35)/t23-/m1/s1. The molecular formula is C27H35Cl2N7O2. The molecule has 38 heavy (non-hydrogen) atoms. The maximum atomic E-state index is 13.5. The number of hydrogen-bond acceptors (Lipinski definition) is 7. The molecule has 1 aliphatic rings. The van der Waals surface area contributed by atoms with Crippen molar-refractivity contribution in [2.75, 3.05) is 30.9 Å². The van der Waals surface area contributed by atoms with Crippen LogP contribution in [-0.4, -0.2) is 51.7 Å². The first-order valence-corrected chi connectivity index (χ1v) is 13.8. The second kappa shape index (κ2) is 13.8. The Hall–Kier alpha value is -2.88. The summed E-state index contributed by atoms with van der Waals surface area (Å²) in [7, 11) is 1.64. The van der Waals surface area contributed by atoms with Gasteiger partial charge in [-0.2, -0.15) is 9.97 Å². The molecule has 0 bridgehead atoms. The van der Waals surface area contributed by atoms with Crippen molar-refractivity contribution in [3.05, 3.63) is 58.1 Å². The van der Waals surface area contributed by atoms with Crippen LogP contribution < -0.4 is 16.0 Å². The first-order chi connectivity index (χ1) is 18.4. The number of halogens is 2. The van der Waals surface area contributed by atoms with Crippen LogP contribution in [0.5, 0.6) is 0 Å². The van der Waals surface area contributed by atoms with E-state index in [2.05, 4.69) is 30.9 Å². The fourth-order valence-electron chi connectivity index (χ4n) is 4.67. The molecule has 0 aliphatic heterocycles. The van der Waals surface area contributed by atoms with Crippen molar-refractivity contribution >= 4 is 40.9 Å². The van der Waals surface area contributed by atoms with Gasteiger partial charge >= 0.3 is 0 Å². The third-order valence-corrected chi connectivity index (χ3v) is 7.27. The zero-order valence-electron chi connectivity index (χ0n) is 21.8. The zero-order chi connectivity index (χ0) is 26.9. The topological polar surface area (TPSA) is 106 Å². The second-order valence-electron chi connectivity index (χ2n) is 9.67. The number of nitrogens with zero attached hydrogens (tertiary/aromatic N) is 4. The van der Waals surface area contributed by atoms with Crippen LogP contribution in [0.4, 0.5) is 11.8 Å². The summed E-state index contributed by atoms with van der Waals surface area (Å²) in [4.78, 5) is 27.1. The van der Waals surface area contributed by atoms with E-state index in [1.807, 2.05) is 29.8 Å². The summed E-state index contributed by atoms with van der Waals surface area (Å²) in [6.45, 7) is 3.30. The quantitative estimate of drug-likeness (QED) is 0.255. The molecule has 11 heteroatoms. The average molecular weight is 561 g/mol. The van der Waals surface area contributed by atoms with E-state index in [-0.39, 0.29) is 5.91 Å². The maximum Gasteiger partial charge on any atom is 0.242 e. The molecule has 204 valence electrons. The molecule has 0 spiro atoms. The summed E-state index contributed by atoms with van der Waals surface area (Å²) < 4.78 is 6.99. The van der Waals surface area contributed by atoms with Crippen molar-refractivity contribution < 1.29 is 9.53 Å². The zero-order valence-corrected chi connectivity index (χ0v) is 23.4. The molecule has 3 aromatic rings. The number of aromatic nitrogens is 4. The summed E-state index contributed by atoms with van der Waals surface area (Å²) in [5, 5.41) is 10.7. The summed E-state index contributed by atoms with van der Waals surface area (Å²) in [6, 6.07) is 6.64. The Morgan fingerprint density at radius 3 is 2.71 bits per heavy atom. The van der Waals surface area contributed by atoms with E-state index in [0.717, 1.165) is 30.5 Å². The molecule has 0 saturated heterocycles. The van der Waals surface area contributed by atoms with Gasteiger partial charge in [-0.05, 0) is 37.0 Å². The number of amides is 1. The van der Waals surface area contributed by atoms with Crippen LogP contribution in [0.25, 0.3) is 5.82 Å². The van der Waals surface area contributed by atoms with Crippen LogP contribution in [0.2, 0.25) is 10.0 Å². The SMILES string of the molecule is COCCNc1nc(N[C@H](CC2CCCCC2)C(=O)NCc2ccc(Cl)cc2Cl)cc(-n2cnc(C)c2)n1. The minimum atomic E-state index is -0.469. The van der Waals surface area contributed by atoms with Crippen molar-refractivity contribution in [2.24, 2.45) is 5.92 Å². The lowest BCUT2D eigenvalue weighted by atomic mass is 9.84. The van der Waals surface area contributed by atoms with E-state index in [0.29, 0.717) is 53.2 Å². The Morgan fingerprint density at radius 1 is 1.18 bits per heavy atom. The number of nitrogens with one attached hydrogen (secondary N) is 3. The van der Waals surface area contributed by atoms with Crippen molar-refractivity contribution in [1.82, 2.24) is 24.8 Å². The van der Waals surface area contributed by atoms with Gasteiger partial charge in [0.15, 0.2) is 0 Å². The first kappa shape index (κ1) is 28.1. The van der Waals surface area contributed by atoms with Gasteiger partial charge in [-0.25, -0.2) is 4.98 Å². The van der Waals surface area contributed by atoms with Gasteiger partial charge in [0.25, 0.3) is 0 Å². The maximum absolute atomic E-state index is 13.5.